The Morgan fingerprint density at radius 1 is 0.826 bits per heavy atom. The Hall–Kier alpha value is -1.26. The fourth-order valence-corrected chi connectivity index (χ4v) is 2.98. The summed E-state index contributed by atoms with van der Waals surface area (Å²) in [6.45, 7) is 1.61. The van der Waals surface area contributed by atoms with Crippen molar-refractivity contribution in [3.05, 3.63) is 57.6 Å². The SMILES string of the molecule is Clc1ccc(Oc2ccc(Cl)cc2CC2CO2)c(CC2CO2)c1. The molecule has 0 bridgehead atoms. The van der Waals surface area contributed by atoms with E-state index in [0.717, 1.165) is 48.7 Å². The highest BCUT2D eigenvalue weighted by atomic mass is 35.5. The lowest BCUT2D eigenvalue weighted by molar-refractivity contribution is 0.398. The van der Waals surface area contributed by atoms with Gasteiger partial charge in [-0.2, -0.15) is 0 Å². The molecule has 2 saturated heterocycles. The molecule has 2 fully saturated rings. The summed E-state index contributed by atoms with van der Waals surface area (Å²) in [5.74, 6) is 1.62. The van der Waals surface area contributed by atoms with Gasteiger partial charge in [0, 0.05) is 22.9 Å². The van der Waals surface area contributed by atoms with E-state index in [1.54, 1.807) is 0 Å². The van der Waals surface area contributed by atoms with Crippen molar-refractivity contribution >= 4 is 23.2 Å². The van der Waals surface area contributed by atoms with E-state index in [2.05, 4.69) is 0 Å². The van der Waals surface area contributed by atoms with Crippen molar-refractivity contribution in [2.45, 2.75) is 25.0 Å². The Bertz CT molecular complexity index is 663. The van der Waals surface area contributed by atoms with Gasteiger partial charge < -0.3 is 14.2 Å². The highest BCUT2D eigenvalue weighted by Gasteiger charge is 2.26. The Balaban J connectivity index is 1.61. The van der Waals surface area contributed by atoms with Crippen molar-refractivity contribution in [1.29, 1.82) is 0 Å². The van der Waals surface area contributed by atoms with Gasteiger partial charge in [-0.3, -0.25) is 0 Å². The number of rotatable bonds is 6. The predicted molar refractivity (Wildman–Crippen MR) is 89.9 cm³/mol. The van der Waals surface area contributed by atoms with Crippen LogP contribution in [-0.4, -0.2) is 25.4 Å². The van der Waals surface area contributed by atoms with Crippen molar-refractivity contribution < 1.29 is 14.2 Å². The molecule has 2 aliphatic heterocycles. The fourth-order valence-electron chi connectivity index (χ4n) is 2.60. The fraction of sp³-hybridized carbons (Fsp3) is 0.333. The molecule has 0 saturated carbocycles. The minimum atomic E-state index is 0.278. The maximum Gasteiger partial charge on any atom is 0.130 e. The minimum absolute atomic E-state index is 0.278. The third kappa shape index (κ3) is 3.99. The molecule has 0 radical (unpaired) electrons. The first-order chi connectivity index (χ1) is 11.2. The molecular formula is C18H16Cl2O3. The summed E-state index contributed by atoms with van der Waals surface area (Å²) in [5, 5.41) is 1.41. The molecule has 2 heterocycles. The van der Waals surface area contributed by atoms with E-state index in [1.807, 2.05) is 36.4 Å². The molecular weight excluding hydrogens is 335 g/mol. The molecule has 0 spiro atoms. The first-order valence-electron chi connectivity index (χ1n) is 7.65. The number of hydrogen-bond acceptors (Lipinski definition) is 3. The molecule has 5 heteroatoms. The van der Waals surface area contributed by atoms with Crippen LogP contribution in [0, 0.1) is 0 Å². The molecule has 2 aromatic rings. The Morgan fingerprint density at radius 3 is 1.65 bits per heavy atom. The average Bonchev–Trinajstić information content (AvgIpc) is 3.40. The lowest BCUT2D eigenvalue weighted by atomic mass is 10.1. The quantitative estimate of drug-likeness (QED) is 0.710. The van der Waals surface area contributed by atoms with Gasteiger partial charge in [0.05, 0.1) is 25.4 Å². The molecule has 120 valence electrons. The number of epoxide rings is 2. The van der Waals surface area contributed by atoms with Crippen molar-refractivity contribution in [2.24, 2.45) is 0 Å². The number of halogens is 2. The second-order valence-corrected chi connectivity index (χ2v) is 6.80. The summed E-state index contributed by atoms with van der Waals surface area (Å²) in [7, 11) is 0. The molecule has 0 aromatic heterocycles. The first-order valence-corrected chi connectivity index (χ1v) is 8.41. The van der Waals surface area contributed by atoms with Crippen molar-refractivity contribution in [3.8, 4) is 11.5 Å². The highest BCUT2D eigenvalue weighted by molar-refractivity contribution is 6.31. The predicted octanol–water partition coefficient (Wildman–Crippen LogP) is 4.67. The third-order valence-electron chi connectivity index (χ3n) is 3.96. The maximum absolute atomic E-state index is 6.18. The van der Waals surface area contributed by atoms with Gasteiger partial charge in [0.15, 0.2) is 0 Å². The van der Waals surface area contributed by atoms with Gasteiger partial charge in [-0.25, -0.2) is 0 Å². The van der Waals surface area contributed by atoms with Crippen LogP contribution in [0.1, 0.15) is 11.1 Å². The normalized spacial score (nSPS) is 22.0. The number of hydrogen-bond donors (Lipinski definition) is 0. The van der Waals surface area contributed by atoms with E-state index >= 15 is 0 Å². The van der Waals surface area contributed by atoms with Crippen LogP contribution in [0.3, 0.4) is 0 Å². The molecule has 4 rings (SSSR count). The minimum Gasteiger partial charge on any atom is -0.457 e. The van der Waals surface area contributed by atoms with E-state index in [4.69, 9.17) is 37.4 Å². The Morgan fingerprint density at radius 2 is 1.26 bits per heavy atom. The van der Waals surface area contributed by atoms with E-state index in [9.17, 15) is 0 Å². The van der Waals surface area contributed by atoms with Crippen LogP contribution in [-0.2, 0) is 22.3 Å². The summed E-state index contributed by atoms with van der Waals surface area (Å²) in [6, 6.07) is 11.4. The second kappa shape index (κ2) is 6.33. The Labute approximate surface area is 145 Å². The highest BCUT2D eigenvalue weighted by Crippen LogP contribution is 2.34. The molecule has 0 amide bonds. The van der Waals surface area contributed by atoms with E-state index < -0.39 is 0 Å². The van der Waals surface area contributed by atoms with Crippen LogP contribution in [0.15, 0.2) is 36.4 Å². The van der Waals surface area contributed by atoms with Gasteiger partial charge in [-0.05, 0) is 47.5 Å². The summed E-state index contributed by atoms with van der Waals surface area (Å²) < 4.78 is 16.8. The standard InChI is InChI=1S/C18H16Cl2O3/c19-13-1-3-17(11(5-13)7-15-9-21-15)23-18-4-2-14(20)6-12(18)8-16-10-22-16/h1-6,15-16H,7-10H2. The van der Waals surface area contributed by atoms with E-state index in [1.165, 1.54) is 0 Å². The van der Waals surface area contributed by atoms with Gasteiger partial charge in [0.1, 0.15) is 11.5 Å². The van der Waals surface area contributed by atoms with Crippen LogP contribution in [0.2, 0.25) is 10.0 Å². The van der Waals surface area contributed by atoms with Crippen LogP contribution in [0.4, 0.5) is 0 Å². The third-order valence-corrected chi connectivity index (χ3v) is 4.44. The topological polar surface area (TPSA) is 34.3 Å². The molecule has 0 N–H and O–H groups in total. The van der Waals surface area contributed by atoms with Gasteiger partial charge in [0.25, 0.3) is 0 Å². The zero-order valence-corrected chi connectivity index (χ0v) is 13.9. The van der Waals surface area contributed by atoms with Gasteiger partial charge >= 0.3 is 0 Å². The molecule has 2 unspecified atom stereocenters. The zero-order chi connectivity index (χ0) is 15.8. The largest absolute Gasteiger partial charge is 0.457 e. The monoisotopic (exact) mass is 350 g/mol. The lowest BCUT2D eigenvalue weighted by Gasteiger charge is -2.14. The molecule has 2 aromatic carbocycles. The molecule has 23 heavy (non-hydrogen) atoms. The average molecular weight is 351 g/mol. The van der Waals surface area contributed by atoms with E-state index in [0.29, 0.717) is 10.0 Å². The number of ether oxygens (including phenoxy) is 3. The Kier molecular flexibility index (Phi) is 4.20. The molecule has 2 atom stereocenters. The first kappa shape index (κ1) is 15.3. The summed E-state index contributed by atoms with van der Waals surface area (Å²) in [5.41, 5.74) is 2.12. The lowest BCUT2D eigenvalue weighted by Crippen LogP contribution is -2.00. The molecule has 0 aliphatic carbocycles. The van der Waals surface area contributed by atoms with Crippen LogP contribution >= 0.6 is 23.2 Å². The smallest absolute Gasteiger partial charge is 0.130 e. The van der Waals surface area contributed by atoms with Gasteiger partial charge in [-0.1, -0.05) is 23.2 Å². The second-order valence-electron chi connectivity index (χ2n) is 5.93. The number of benzene rings is 2. The van der Waals surface area contributed by atoms with Crippen molar-refractivity contribution in [2.75, 3.05) is 13.2 Å². The molecule has 3 nitrogen and oxygen atoms in total. The van der Waals surface area contributed by atoms with Crippen LogP contribution in [0.25, 0.3) is 0 Å². The van der Waals surface area contributed by atoms with Crippen LogP contribution < -0.4 is 4.74 Å². The summed E-state index contributed by atoms with van der Waals surface area (Å²) in [6.07, 6.45) is 2.18. The van der Waals surface area contributed by atoms with Crippen molar-refractivity contribution in [3.63, 3.8) is 0 Å². The summed E-state index contributed by atoms with van der Waals surface area (Å²) >= 11 is 12.2. The summed E-state index contributed by atoms with van der Waals surface area (Å²) in [4.78, 5) is 0. The maximum atomic E-state index is 6.18. The van der Waals surface area contributed by atoms with Crippen LogP contribution in [0.5, 0.6) is 11.5 Å². The van der Waals surface area contributed by atoms with Gasteiger partial charge in [0.2, 0.25) is 0 Å². The molecule has 2 aliphatic rings. The van der Waals surface area contributed by atoms with Gasteiger partial charge in [-0.15, -0.1) is 0 Å². The zero-order valence-electron chi connectivity index (χ0n) is 12.4. The van der Waals surface area contributed by atoms with Crippen molar-refractivity contribution in [1.82, 2.24) is 0 Å². The van der Waals surface area contributed by atoms with E-state index in [-0.39, 0.29) is 12.2 Å².